The lowest BCUT2D eigenvalue weighted by Gasteiger charge is -2.24. The van der Waals surface area contributed by atoms with Crippen molar-refractivity contribution in [1.82, 2.24) is 19.9 Å². The van der Waals surface area contributed by atoms with E-state index in [2.05, 4.69) is 29.2 Å². The Balaban J connectivity index is 1.86. The molecule has 0 aliphatic heterocycles. The minimum absolute atomic E-state index is 0.114. The Morgan fingerprint density at radius 3 is 2.47 bits per heavy atom. The Labute approximate surface area is 187 Å². The van der Waals surface area contributed by atoms with Gasteiger partial charge in [-0.25, -0.2) is 9.50 Å². The molecule has 0 radical (unpaired) electrons. The van der Waals surface area contributed by atoms with E-state index in [9.17, 15) is 9.59 Å². The fourth-order valence-electron chi connectivity index (χ4n) is 3.89. The molecule has 8 heteroatoms. The van der Waals surface area contributed by atoms with Crippen LogP contribution in [0.1, 0.15) is 56.3 Å². The number of rotatable bonds is 9. The van der Waals surface area contributed by atoms with Crippen LogP contribution in [0.5, 0.6) is 11.5 Å². The Bertz CT molecular complexity index is 1160. The number of amides is 1. The number of aryl methyl sites for hydroxylation is 2. The summed E-state index contributed by atoms with van der Waals surface area (Å²) < 4.78 is 13.0. The largest absolute Gasteiger partial charge is 0.490 e. The highest BCUT2D eigenvalue weighted by atomic mass is 16.5. The summed E-state index contributed by atoms with van der Waals surface area (Å²) in [4.78, 5) is 29.2. The number of H-pyrrole nitrogens is 1. The molecule has 0 saturated carbocycles. The summed E-state index contributed by atoms with van der Waals surface area (Å²) in [5.41, 5.74) is 3.61. The smallest absolute Gasteiger partial charge is 0.266 e. The molecule has 0 saturated heterocycles. The number of hydrogen-bond donors (Lipinski definition) is 2. The molecule has 3 rings (SSSR count). The summed E-state index contributed by atoms with van der Waals surface area (Å²) in [5, 5.41) is 5.89. The normalized spacial score (nSPS) is 12.2. The second-order valence-corrected chi connectivity index (χ2v) is 8.11. The number of nitrogens with zero attached hydrogens (tertiary/aromatic N) is 2. The average molecular weight is 441 g/mol. The van der Waals surface area contributed by atoms with Crippen molar-refractivity contribution in [3.05, 3.63) is 57.1 Å². The first-order valence-electron chi connectivity index (χ1n) is 11.0. The van der Waals surface area contributed by atoms with E-state index in [1.165, 1.54) is 6.07 Å². The quantitative estimate of drug-likeness (QED) is 0.531. The highest BCUT2D eigenvalue weighted by molar-refractivity contribution is 5.79. The van der Waals surface area contributed by atoms with Crippen LogP contribution < -0.4 is 20.3 Å². The number of aromatic nitrogens is 3. The number of carbonyl (C=O) groups is 1. The zero-order valence-electron chi connectivity index (χ0n) is 19.6. The molecule has 0 aliphatic carbocycles. The number of hydrogen-bond acceptors (Lipinski definition) is 5. The summed E-state index contributed by atoms with van der Waals surface area (Å²) in [6, 6.07) is 7.04. The fraction of sp³-hybridized carbons (Fsp3) is 0.458. The fourth-order valence-corrected chi connectivity index (χ4v) is 3.89. The number of benzene rings is 1. The van der Waals surface area contributed by atoms with Gasteiger partial charge in [-0.2, -0.15) is 0 Å². The maximum Gasteiger partial charge on any atom is 0.266 e. The van der Waals surface area contributed by atoms with Crippen molar-refractivity contribution >= 4 is 11.6 Å². The molecule has 0 aliphatic rings. The molecule has 2 aromatic heterocycles. The SMILES string of the molecule is CCOc1ccc(C(NC(=O)Cc2c(C)nc3cc(=O)[nH]n3c2C)C(C)C)cc1OCC. The number of ether oxygens (including phenoxy) is 2. The van der Waals surface area contributed by atoms with Gasteiger partial charge in [-0.15, -0.1) is 0 Å². The maximum atomic E-state index is 13.1. The molecule has 0 spiro atoms. The first-order valence-corrected chi connectivity index (χ1v) is 11.0. The zero-order chi connectivity index (χ0) is 23.4. The summed E-state index contributed by atoms with van der Waals surface area (Å²) in [7, 11) is 0. The number of fused-ring (bicyclic) bond motifs is 1. The van der Waals surface area contributed by atoms with E-state index in [0.29, 0.717) is 30.4 Å². The van der Waals surface area contributed by atoms with Crippen LogP contribution in [0.4, 0.5) is 0 Å². The third-order valence-electron chi connectivity index (χ3n) is 5.45. The molecule has 3 aromatic rings. The van der Waals surface area contributed by atoms with Gasteiger partial charge in [0.1, 0.15) is 0 Å². The average Bonchev–Trinajstić information content (AvgIpc) is 3.11. The Hall–Kier alpha value is -3.29. The molecule has 1 atom stereocenters. The molecule has 172 valence electrons. The third kappa shape index (κ3) is 4.95. The highest BCUT2D eigenvalue weighted by Crippen LogP contribution is 2.33. The van der Waals surface area contributed by atoms with Crippen LogP contribution in [0, 0.1) is 19.8 Å². The molecule has 0 fully saturated rings. The van der Waals surface area contributed by atoms with Gasteiger partial charge in [0.15, 0.2) is 17.1 Å². The molecule has 32 heavy (non-hydrogen) atoms. The van der Waals surface area contributed by atoms with E-state index in [0.717, 1.165) is 22.5 Å². The van der Waals surface area contributed by atoms with Gasteiger partial charge in [-0.3, -0.25) is 14.7 Å². The van der Waals surface area contributed by atoms with E-state index >= 15 is 0 Å². The van der Waals surface area contributed by atoms with E-state index in [1.807, 2.05) is 45.9 Å². The van der Waals surface area contributed by atoms with Crippen LogP contribution >= 0.6 is 0 Å². The van der Waals surface area contributed by atoms with Gasteiger partial charge in [0.25, 0.3) is 5.56 Å². The number of carbonyl (C=O) groups excluding carboxylic acids is 1. The maximum absolute atomic E-state index is 13.1. The molecule has 1 amide bonds. The Morgan fingerprint density at radius 2 is 1.81 bits per heavy atom. The summed E-state index contributed by atoms with van der Waals surface area (Å²) in [6.45, 7) is 12.8. The van der Waals surface area contributed by atoms with Crippen LogP contribution in [0.3, 0.4) is 0 Å². The lowest BCUT2D eigenvalue weighted by atomic mass is 9.95. The molecule has 1 aromatic carbocycles. The van der Waals surface area contributed by atoms with Gasteiger partial charge in [-0.1, -0.05) is 19.9 Å². The highest BCUT2D eigenvalue weighted by Gasteiger charge is 2.22. The van der Waals surface area contributed by atoms with Crippen LogP contribution in [0.15, 0.2) is 29.1 Å². The standard InChI is InChI=1S/C24H32N4O4/c1-7-31-19-10-9-17(11-20(19)32-8-2)24(14(3)4)26-22(29)12-18-15(5)25-21-13-23(30)27-28(21)16(18)6/h9-11,13-14,24H,7-8,12H2,1-6H3,(H,26,29)(H,27,30). The molecular formula is C24H32N4O4. The molecular weight excluding hydrogens is 408 g/mol. The van der Waals surface area contributed by atoms with Gasteiger partial charge < -0.3 is 14.8 Å². The predicted molar refractivity (Wildman–Crippen MR) is 123 cm³/mol. The van der Waals surface area contributed by atoms with Crippen LogP contribution in [-0.4, -0.2) is 33.7 Å². The molecule has 1 unspecified atom stereocenters. The van der Waals surface area contributed by atoms with Gasteiger partial charge >= 0.3 is 0 Å². The minimum Gasteiger partial charge on any atom is -0.490 e. The zero-order valence-corrected chi connectivity index (χ0v) is 19.6. The van der Waals surface area contributed by atoms with E-state index in [-0.39, 0.29) is 29.8 Å². The monoisotopic (exact) mass is 440 g/mol. The number of nitrogens with one attached hydrogen (secondary N) is 2. The third-order valence-corrected chi connectivity index (χ3v) is 5.45. The lowest BCUT2D eigenvalue weighted by Crippen LogP contribution is -2.33. The topological polar surface area (TPSA) is 97.7 Å². The summed E-state index contributed by atoms with van der Waals surface area (Å²) >= 11 is 0. The lowest BCUT2D eigenvalue weighted by molar-refractivity contribution is -0.121. The number of aromatic amines is 1. The molecule has 8 nitrogen and oxygen atoms in total. The van der Waals surface area contributed by atoms with E-state index < -0.39 is 0 Å². The van der Waals surface area contributed by atoms with Crippen molar-refractivity contribution in [2.24, 2.45) is 5.92 Å². The van der Waals surface area contributed by atoms with Gasteiger partial charge in [0.05, 0.1) is 25.7 Å². The first kappa shape index (κ1) is 23.4. The predicted octanol–water partition coefficient (Wildman–Crippen LogP) is 3.49. The van der Waals surface area contributed by atoms with E-state index in [1.54, 1.807) is 4.52 Å². The second kappa shape index (κ2) is 9.89. The van der Waals surface area contributed by atoms with Crippen molar-refractivity contribution in [2.45, 2.75) is 54.0 Å². The van der Waals surface area contributed by atoms with Crippen molar-refractivity contribution in [3.63, 3.8) is 0 Å². The van der Waals surface area contributed by atoms with Gasteiger partial charge in [0, 0.05) is 23.0 Å². The van der Waals surface area contributed by atoms with Crippen molar-refractivity contribution < 1.29 is 14.3 Å². The van der Waals surface area contributed by atoms with Crippen molar-refractivity contribution in [1.29, 1.82) is 0 Å². The Morgan fingerprint density at radius 1 is 1.12 bits per heavy atom. The molecule has 0 bridgehead atoms. The second-order valence-electron chi connectivity index (χ2n) is 8.11. The van der Waals surface area contributed by atoms with Gasteiger partial charge in [0.2, 0.25) is 5.91 Å². The van der Waals surface area contributed by atoms with Crippen molar-refractivity contribution in [2.75, 3.05) is 13.2 Å². The minimum atomic E-state index is -0.220. The van der Waals surface area contributed by atoms with Crippen molar-refractivity contribution in [3.8, 4) is 11.5 Å². The van der Waals surface area contributed by atoms with Crippen LogP contribution in [0.25, 0.3) is 5.65 Å². The molecule has 2 N–H and O–H groups in total. The Kier molecular flexibility index (Phi) is 7.22. The van der Waals surface area contributed by atoms with Gasteiger partial charge in [-0.05, 0) is 51.3 Å². The van der Waals surface area contributed by atoms with Crippen LogP contribution in [0.2, 0.25) is 0 Å². The van der Waals surface area contributed by atoms with Crippen LogP contribution in [-0.2, 0) is 11.2 Å². The van der Waals surface area contributed by atoms with E-state index in [4.69, 9.17) is 9.47 Å². The first-order chi connectivity index (χ1) is 15.2. The summed E-state index contributed by atoms with van der Waals surface area (Å²) in [6.07, 6.45) is 0.166. The summed E-state index contributed by atoms with van der Waals surface area (Å²) in [5.74, 6) is 1.41. The molecule has 2 heterocycles.